The smallest absolute Gasteiger partial charge is 0.364 e. The van der Waals surface area contributed by atoms with E-state index in [1.165, 1.54) is 4.74 Å². The van der Waals surface area contributed by atoms with E-state index in [2.05, 4.69) is 5.73 Å². The van der Waals surface area contributed by atoms with E-state index in [-0.39, 0.29) is 0 Å². The van der Waals surface area contributed by atoms with Crippen LogP contribution in [0.5, 0.6) is 0 Å². The Morgan fingerprint density at radius 3 is 1.13 bits per heavy atom. The van der Waals surface area contributed by atoms with Crippen molar-refractivity contribution in [1.82, 2.24) is 0 Å². The van der Waals surface area contributed by atoms with Gasteiger partial charge in [0.05, 0.1) is 0 Å². The molecule has 0 fully saturated rings. The lowest BCUT2D eigenvalue weighted by atomic mass is 10.2. The van der Waals surface area contributed by atoms with Gasteiger partial charge in [-0.1, -0.05) is 0 Å². The Labute approximate surface area is 150 Å². The van der Waals surface area contributed by atoms with Crippen molar-refractivity contribution >= 4 is 5.91 Å². The first kappa shape index (κ1) is 28.2. The average molecular weight is 495 g/mol. The molecule has 0 aromatic carbocycles. The van der Waals surface area contributed by atoms with Crippen LogP contribution in [-0.2, 0) is 14.3 Å². The maximum absolute atomic E-state index is 13.6. The van der Waals surface area contributed by atoms with Crippen molar-refractivity contribution in [2.45, 2.75) is 48.4 Å². The summed E-state index contributed by atoms with van der Waals surface area (Å²) < 4.78 is 217. The molecule has 0 spiro atoms. The van der Waals surface area contributed by atoms with Crippen LogP contribution in [0.15, 0.2) is 0 Å². The normalized spacial score (nSPS) is 19.2. The van der Waals surface area contributed by atoms with Crippen LogP contribution in [0.3, 0.4) is 0 Å². The van der Waals surface area contributed by atoms with Gasteiger partial charge in [-0.05, 0) is 0 Å². The van der Waals surface area contributed by atoms with Crippen molar-refractivity contribution < 1.29 is 88.9 Å². The van der Waals surface area contributed by atoms with Gasteiger partial charge in [0.2, 0.25) is 0 Å². The van der Waals surface area contributed by atoms with E-state index in [4.69, 9.17) is 0 Å². The van der Waals surface area contributed by atoms with Crippen LogP contribution in [0.2, 0.25) is 0 Å². The number of hydrogen-bond acceptors (Lipinski definition) is 3. The summed E-state index contributed by atoms with van der Waals surface area (Å²) >= 11 is 0. The molecule has 0 aliphatic rings. The molecule has 0 aliphatic carbocycles. The van der Waals surface area contributed by atoms with E-state index in [0.29, 0.717) is 0 Å². The molecule has 2 N–H and O–H groups in total. The molecular weight excluding hydrogens is 493 g/mol. The topological polar surface area (TPSA) is 61.6 Å². The van der Waals surface area contributed by atoms with Crippen molar-refractivity contribution in [3.63, 3.8) is 0 Å². The fraction of sp³-hybridized carbons (Fsp3) is 0.889. The molecular formula is C9H2F17NO3. The molecule has 0 unspecified atom stereocenters. The van der Waals surface area contributed by atoms with Crippen LogP contribution in [-0.4, -0.2) is 54.3 Å². The van der Waals surface area contributed by atoms with Gasteiger partial charge in [0.25, 0.3) is 5.91 Å². The number of alkyl halides is 17. The Bertz CT molecular complexity index is 650. The molecule has 21 heteroatoms. The van der Waals surface area contributed by atoms with Gasteiger partial charge in [-0.15, -0.1) is 0 Å². The van der Waals surface area contributed by atoms with Gasteiger partial charge < -0.3 is 5.73 Å². The predicted octanol–water partition coefficient (Wildman–Crippen LogP) is 4.34. The second kappa shape index (κ2) is 7.12. The summed E-state index contributed by atoms with van der Waals surface area (Å²) in [6.45, 7) is 0. The van der Waals surface area contributed by atoms with Crippen LogP contribution in [0, 0.1) is 0 Å². The number of hydrogen-bond donors (Lipinski definition) is 1. The number of carbonyl (C=O) groups excluding carboxylic acids is 1. The van der Waals surface area contributed by atoms with Crippen LogP contribution in [0.1, 0.15) is 0 Å². The summed E-state index contributed by atoms with van der Waals surface area (Å²) in [6.07, 6.45) is -38.5. The highest BCUT2D eigenvalue weighted by Crippen LogP contribution is 2.56. The average Bonchev–Trinajstić information content (AvgIpc) is 2.41. The van der Waals surface area contributed by atoms with Gasteiger partial charge in [0.1, 0.15) is 0 Å². The van der Waals surface area contributed by atoms with Crippen LogP contribution in [0.25, 0.3) is 0 Å². The number of carbonyl (C=O) groups is 1. The highest BCUT2D eigenvalue weighted by atomic mass is 19.4. The first-order valence-corrected chi connectivity index (χ1v) is 6.02. The van der Waals surface area contributed by atoms with Crippen molar-refractivity contribution in [2.75, 3.05) is 0 Å². The minimum atomic E-state index is -8.03. The fourth-order valence-electron chi connectivity index (χ4n) is 1.18. The highest BCUT2D eigenvalue weighted by molar-refractivity contribution is 5.82. The molecule has 4 nitrogen and oxygen atoms in total. The lowest BCUT2D eigenvalue weighted by molar-refractivity contribution is -0.548. The highest BCUT2D eigenvalue weighted by Gasteiger charge is 2.85. The second-order valence-corrected chi connectivity index (χ2v) is 4.86. The van der Waals surface area contributed by atoms with Crippen LogP contribution in [0.4, 0.5) is 74.6 Å². The van der Waals surface area contributed by atoms with Gasteiger partial charge >= 0.3 is 48.4 Å². The van der Waals surface area contributed by atoms with Crippen LogP contribution >= 0.6 is 0 Å². The van der Waals surface area contributed by atoms with Gasteiger partial charge in [-0.3, -0.25) is 14.3 Å². The van der Waals surface area contributed by atoms with Crippen LogP contribution < -0.4 is 5.73 Å². The zero-order valence-electron chi connectivity index (χ0n) is 12.7. The number of rotatable bonds is 7. The lowest BCUT2D eigenvalue weighted by Crippen LogP contribution is -2.68. The van der Waals surface area contributed by atoms with Crippen molar-refractivity contribution in [1.29, 1.82) is 0 Å². The van der Waals surface area contributed by atoms with E-state index in [1.54, 1.807) is 4.74 Å². The Balaban J connectivity index is 6.63. The third-order valence-corrected chi connectivity index (χ3v) is 2.68. The molecule has 30 heavy (non-hydrogen) atoms. The summed E-state index contributed by atoms with van der Waals surface area (Å²) in [5.74, 6) is -26.5. The SMILES string of the molecule is NC(=O)[C@@](F)(OC(F)(F)[C@@](F)(OC(F)(F)C(F)(F)C(F)(F)F)C(F)(F)F)C(F)(F)F. The molecule has 0 saturated carbocycles. The van der Waals surface area contributed by atoms with Crippen molar-refractivity contribution in [3.8, 4) is 0 Å². The molecule has 0 heterocycles. The molecule has 180 valence electrons. The Hall–Kier alpha value is -1.80. The molecule has 0 bridgehead atoms. The first-order valence-electron chi connectivity index (χ1n) is 6.02. The number of primary amides is 1. The lowest BCUT2D eigenvalue weighted by Gasteiger charge is -2.39. The molecule has 0 aromatic heterocycles. The first-order chi connectivity index (χ1) is 12.6. The van der Waals surface area contributed by atoms with Gasteiger partial charge in [0.15, 0.2) is 0 Å². The van der Waals surface area contributed by atoms with E-state index < -0.39 is 54.3 Å². The van der Waals surface area contributed by atoms with E-state index in [9.17, 15) is 79.4 Å². The summed E-state index contributed by atoms with van der Waals surface area (Å²) in [7, 11) is 0. The fourth-order valence-corrected chi connectivity index (χ4v) is 1.18. The molecule has 0 saturated heterocycles. The van der Waals surface area contributed by atoms with E-state index >= 15 is 0 Å². The summed E-state index contributed by atoms with van der Waals surface area (Å²) in [5, 5.41) is 0. The summed E-state index contributed by atoms with van der Waals surface area (Å²) in [5.41, 5.74) is 3.62. The molecule has 0 aliphatic heterocycles. The molecule has 0 radical (unpaired) electrons. The van der Waals surface area contributed by atoms with Crippen molar-refractivity contribution in [2.24, 2.45) is 5.73 Å². The third kappa shape index (κ3) is 4.44. The third-order valence-electron chi connectivity index (χ3n) is 2.68. The molecule has 2 atom stereocenters. The minimum Gasteiger partial charge on any atom is -0.364 e. The van der Waals surface area contributed by atoms with E-state index in [1.807, 2.05) is 0 Å². The second-order valence-electron chi connectivity index (χ2n) is 4.86. The monoisotopic (exact) mass is 495 g/mol. The van der Waals surface area contributed by atoms with Crippen molar-refractivity contribution in [3.05, 3.63) is 0 Å². The van der Waals surface area contributed by atoms with Gasteiger partial charge in [-0.25, -0.2) is 0 Å². The minimum absolute atomic E-state index is 1.23. The molecule has 1 amide bonds. The van der Waals surface area contributed by atoms with E-state index in [0.717, 1.165) is 0 Å². The number of amides is 1. The predicted molar refractivity (Wildman–Crippen MR) is 52.0 cm³/mol. The Kier molecular flexibility index (Phi) is 6.70. The summed E-state index contributed by atoms with van der Waals surface area (Å²) in [6, 6.07) is 0. The summed E-state index contributed by atoms with van der Waals surface area (Å²) in [4.78, 5) is 10.3. The van der Waals surface area contributed by atoms with Gasteiger partial charge in [0, 0.05) is 0 Å². The maximum Gasteiger partial charge on any atom is 0.462 e. The Morgan fingerprint density at radius 1 is 0.533 bits per heavy atom. The number of ether oxygens (including phenoxy) is 2. The number of halogens is 17. The molecule has 0 rings (SSSR count). The zero-order chi connectivity index (χ0) is 25.0. The maximum atomic E-state index is 13.6. The molecule has 0 aromatic rings. The Morgan fingerprint density at radius 2 is 0.900 bits per heavy atom. The quantitative estimate of drug-likeness (QED) is 0.535. The van der Waals surface area contributed by atoms with Gasteiger partial charge in [-0.2, -0.15) is 74.6 Å². The zero-order valence-corrected chi connectivity index (χ0v) is 12.7. The standard InChI is InChI=1S/C9H2F17NO3/c10-2(1(27)28,5(14,15)16)29-9(25,26)4(13,7(20,21)22)30-8(23,24)3(11,12)6(17,18)19/h(H2,27,28)/t2-,4+/m1/s1. The largest absolute Gasteiger partial charge is 0.462 e. The number of nitrogens with two attached hydrogens (primary N) is 1.